The van der Waals surface area contributed by atoms with Crippen LogP contribution in [0.1, 0.15) is 48.7 Å². The van der Waals surface area contributed by atoms with Gasteiger partial charge in [-0.05, 0) is 42.5 Å². The van der Waals surface area contributed by atoms with Crippen molar-refractivity contribution in [1.29, 1.82) is 0 Å². The van der Waals surface area contributed by atoms with Gasteiger partial charge in [0.05, 0.1) is 6.20 Å². The quantitative estimate of drug-likeness (QED) is 0.665. The van der Waals surface area contributed by atoms with Crippen molar-refractivity contribution in [1.82, 2.24) is 14.9 Å². The predicted molar refractivity (Wildman–Crippen MR) is 123 cm³/mol. The number of nitrogens with one attached hydrogen (secondary N) is 1. The fourth-order valence-electron chi connectivity index (χ4n) is 3.69. The Kier molecular flexibility index (Phi) is 6.89. The van der Waals surface area contributed by atoms with Gasteiger partial charge in [-0.25, -0.2) is 9.97 Å². The van der Waals surface area contributed by atoms with Crippen LogP contribution >= 0.6 is 0 Å². The highest BCUT2D eigenvalue weighted by Gasteiger charge is 2.27. The number of hydrogen-bond acceptors (Lipinski definition) is 6. The summed E-state index contributed by atoms with van der Waals surface area (Å²) in [4.78, 5) is 36.6. The van der Waals surface area contributed by atoms with Crippen LogP contribution in [0.15, 0.2) is 43.1 Å². The molecule has 31 heavy (non-hydrogen) atoms. The first kappa shape index (κ1) is 22.3. The van der Waals surface area contributed by atoms with Gasteiger partial charge in [0.1, 0.15) is 5.82 Å². The summed E-state index contributed by atoms with van der Waals surface area (Å²) in [5, 5.41) is 3.18. The molecule has 1 fully saturated rings. The third kappa shape index (κ3) is 5.20. The van der Waals surface area contributed by atoms with Gasteiger partial charge in [-0.3, -0.25) is 9.59 Å². The number of benzene rings is 1. The molecule has 0 bridgehead atoms. The van der Waals surface area contributed by atoms with Gasteiger partial charge in [0.2, 0.25) is 5.91 Å². The van der Waals surface area contributed by atoms with Crippen LogP contribution in [-0.4, -0.2) is 52.9 Å². The maximum atomic E-state index is 12.0. The van der Waals surface area contributed by atoms with Crippen LogP contribution in [0, 0.1) is 0 Å². The van der Waals surface area contributed by atoms with Crippen LogP contribution in [0.25, 0.3) is 0 Å². The lowest BCUT2D eigenvalue weighted by atomic mass is 10.0. The number of aromatic nitrogens is 2. The van der Waals surface area contributed by atoms with Crippen molar-refractivity contribution in [2.24, 2.45) is 5.73 Å². The summed E-state index contributed by atoms with van der Waals surface area (Å²) in [5.41, 5.74) is 7.61. The molecule has 3 rings (SSSR count). The molecule has 8 heteroatoms. The molecule has 0 spiro atoms. The summed E-state index contributed by atoms with van der Waals surface area (Å²) < 4.78 is 0. The number of carbonyl (C=O) groups is 2. The summed E-state index contributed by atoms with van der Waals surface area (Å²) in [6.45, 7) is 9.15. The third-order valence-electron chi connectivity index (χ3n) is 5.63. The Morgan fingerprint density at radius 1 is 1.32 bits per heavy atom. The van der Waals surface area contributed by atoms with Crippen molar-refractivity contribution >= 4 is 29.1 Å². The zero-order chi connectivity index (χ0) is 22.5. The van der Waals surface area contributed by atoms with E-state index < -0.39 is 5.91 Å². The Morgan fingerprint density at radius 3 is 2.65 bits per heavy atom. The van der Waals surface area contributed by atoms with Gasteiger partial charge < -0.3 is 20.9 Å². The van der Waals surface area contributed by atoms with E-state index >= 15 is 0 Å². The molecule has 1 aliphatic rings. The van der Waals surface area contributed by atoms with E-state index in [2.05, 4.69) is 35.7 Å². The Bertz CT molecular complexity index is 957. The number of anilines is 3. The maximum Gasteiger partial charge on any atom is 0.271 e. The van der Waals surface area contributed by atoms with Crippen molar-refractivity contribution in [2.45, 2.75) is 38.6 Å². The number of likely N-dealkylation sites (N-methyl/N-ethyl adjacent to an activating group) is 1. The zero-order valence-corrected chi connectivity index (χ0v) is 18.3. The second kappa shape index (κ2) is 9.59. The number of carbonyl (C=O) groups excluding carboxylic acids is 2. The molecule has 2 heterocycles. The molecular formula is C23H30N6O2. The molecule has 3 N–H and O–H groups in total. The SMILES string of the molecule is C=CC(=O)N1CCC[C@@H](N(C)c2cnc(C(N)=O)c(Nc3ccc(C(C)C)cc3)n2)C1. The summed E-state index contributed by atoms with van der Waals surface area (Å²) in [6.07, 6.45) is 4.71. The molecule has 0 unspecified atom stereocenters. The monoisotopic (exact) mass is 422 g/mol. The second-order valence-corrected chi connectivity index (χ2v) is 8.09. The Labute approximate surface area is 183 Å². The van der Waals surface area contributed by atoms with Gasteiger partial charge in [-0.1, -0.05) is 32.6 Å². The Morgan fingerprint density at radius 2 is 2.03 bits per heavy atom. The molecule has 0 aliphatic carbocycles. The van der Waals surface area contributed by atoms with Gasteiger partial charge in [0, 0.05) is 31.9 Å². The maximum absolute atomic E-state index is 12.0. The molecule has 2 amide bonds. The number of hydrogen-bond donors (Lipinski definition) is 2. The summed E-state index contributed by atoms with van der Waals surface area (Å²) in [7, 11) is 1.92. The van der Waals surface area contributed by atoms with Crippen LogP contribution in [0.4, 0.5) is 17.3 Å². The highest BCUT2D eigenvalue weighted by molar-refractivity contribution is 5.96. The highest BCUT2D eigenvalue weighted by atomic mass is 16.2. The minimum absolute atomic E-state index is 0.0690. The summed E-state index contributed by atoms with van der Waals surface area (Å²) >= 11 is 0. The first-order chi connectivity index (χ1) is 14.8. The lowest BCUT2D eigenvalue weighted by Gasteiger charge is -2.37. The fraction of sp³-hybridized carbons (Fsp3) is 0.391. The number of piperidine rings is 1. The topological polar surface area (TPSA) is 104 Å². The molecule has 1 aliphatic heterocycles. The molecule has 0 radical (unpaired) electrons. The number of nitrogens with two attached hydrogens (primary N) is 1. The van der Waals surface area contributed by atoms with E-state index in [-0.39, 0.29) is 17.6 Å². The molecule has 1 aromatic heterocycles. The zero-order valence-electron chi connectivity index (χ0n) is 18.3. The van der Waals surface area contributed by atoms with Gasteiger partial charge in [0.15, 0.2) is 11.5 Å². The van der Waals surface area contributed by atoms with E-state index in [1.807, 2.05) is 36.2 Å². The lowest BCUT2D eigenvalue weighted by molar-refractivity contribution is -0.127. The van der Waals surface area contributed by atoms with E-state index in [4.69, 9.17) is 5.73 Å². The molecular weight excluding hydrogens is 392 g/mol. The van der Waals surface area contributed by atoms with Gasteiger partial charge in [-0.15, -0.1) is 0 Å². The van der Waals surface area contributed by atoms with Crippen LogP contribution in [0.2, 0.25) is 0 Å². The summed E-state index contributed by atoms with van der Waals surface area (Å²) in [6, 6.07) is 8.04. The first-order valence-corrected chi connectivity index (χ1v) is 10.5. The molecule has 8 nitrogen and oxygen atoms in total. The fourth-order valence-corrected chi connectivity index (χ4v) is 3.69. The first-order valence-electron chi connectivity index (χ1n) is 10.5. The third-order valence-corrected chi connectivity index (χ3v) is 5.63. The highest BCUT2D eigenvalue weighted by Crippen LogP contribution is 2.25. The number of nitrogens with zero attached hydrogens (tertiary/aromatic N) is 4. The van der Waals surface area contributed by atoms with E-state index in [0.29, 0.717) is 24.1 Å². The van der Waals surface area contributed by atoms with Gasteiger partial charge in [0.25, 0.3) is 5.91 Å². The second-order valence-electron chi connectivity index (χ2n) is 8.09. The Hall–Kier alpha value is -3.42. The molecule has 1 aromatic carbocycles. The van der Waals surface area contributed by atoms with Crippen LogP contribution in [0.3, 0.4) is 0 Å². The average Bonchev–Trinajstić information content (AvgIpc) is 2.78. The lowest BCUT2D eigenvalue weighted by Crippen LogP contribution is -2.48. The standard InChI is InChI=1S/C23H30N6O2/c1-5-20(30)29-12-6-7-18(14-29)28(4)19-13-25-21(22(24)31)23(27-19)26-17-10-8-16(9-11-17)15(2)3/h5,8-11,13,15,18H,1,6-7,12,14H2,2-4H3,(H2,24,31)(H,26,27)/t18-/m1/s1. The van der Waals surface area contributed by atoms with Gasteiger partial charge in [-0.2, -0.15) is 0 Å². The minimum atomic E-state index is -0.650. The van der Waals surface area contributed by atoms with Crippen molar-refractivity contribution in [2.75, 3.05) is 30.4 Å². The number of likely N-dealkylation sites (tertiary alicyclic amines) is 1. The summed E-state index contributed by atoms with van der Waals surface area (Å²) in [5.74, 6) is 0.618. The van der Waals surface area contributed by atoms with E-state index in [9.17, 15) is 9.59 Å². The molecule has 0 saturated carbocycles. The van der Waals surface area contributed by atoms with Crippen LogP contribution < -0.4 is 16.0 Å². The van der Waals surface area contributed by atoms with Crippen molar-refractivity contribution in [3.63, 3.8) is 0 Å². The predicted octanol–water partition coefficient (Wildman–Crippen LogP) is 3.06. The normalized spacial score (nSPS) is 16.1. The number of rotatable bonds is 7. The molecule has 164 valence electrons. The van der Waals surface area contributed by atoms with E-state index in [1.165, 1.54) is 11.6 Å². The molecule has 1 atom stereocenters. The van der Waals surface area contributed by atoms with Crippen molar-refractivity contribution in [3.8, 4) is 0 Å². The number of amides is 2. The van der Waals surface area contributed by atoms with E-state index in [0.717, 1.165) is 25.1 Å². The van der Waals surface area contributed by atoms with Crippen LogP contribution in [0.5, 0.6) is 0 Å². The van der Waals surface area contributed by atoms with Crippen molar-refractivity contribution < 1.29 is 9.59 Å². The van der Waals surface area contributed by atoms with E-state index in [1.54, 1.807) is 11.1 Å². The minimum Gasteiger partial charge on any atom is -0.364 e. The largest absolute Gasteiger partial charge is 0.364 e. The van der Waals surface area contributed by atoms with Gasteiger partial charge >= 0.3 is 0 Å². The number of primary amides is 1. The molecule has 2 aromatic rings. The average molecular weight is 423 g/mol. The van der Waals surface area contributed by atoms with Crippen molar-refractivity contribution in [3.05, 3.63) is 54.4 Å². The van der Waals surface area contributed by atoms with Crippen LogP contribution in [-0.2, 0) is 4.79 Å². The molecule has 1 saturated heterocycles. The Balaban J connectivity index is 1.84. The smallest absolute Gasteiger partial charge is 0.271 e.